The molecule has 15 heavy (non-hydrogen) atoms. The minimum absolute atomic E-state index is 0.0412. The predicted molar refractivity (Wildman–Crippen MR) is 44.5 cm³/mol. The Morgan fingerprint density at radius 1 is 1.53 bits per heavy atom. The van der Waals surface area contributed by atoms with Crippen LogP contribution in [0.2, 0.25) is 0 Å². The minimum atomic E-state index is -4.45. The van der Waals surface area contributed by atoms with Crippen molar-refractivity contribution in [2.24, 2.45) is 0 Å². The smallest absolute Gasteiger partial charge is 0.419 e. The molecule has 0 aliphatic carbocycles. The number of likely N-dealkylation sites (tertiary alicyclic amines) is 1. The van der Waals surface area contributed by atoms with Crippen molar-refractivity contribution in [1.29, 1.82) is 0 Å². The van der Waals surface area contributed by atoms with E-state index in [9.17, 15) is 18.0 Å². The highest BCUT2D eigenvalue weighted by atomic mass is 19.4. The Balaban J connectivity index is 2.56. The maximum Gasteiger partial charge on any atom is 0.419 e. The van der Waals surface area contributed by atoms with Gasteiger partial charge in [-0.2, -0.15) is 13.2 Å². The van der Waals surface area contributed by atoms with E-state index in [4.69, 9.17) is 5.11 Å². The molecule has 1 aliphatic heterocycles. The number of ether oxygens (including phenoxy) is 1. The molecule has 1 N–H and O–H groups in total. The highest BCUT2D eigenvalue weighted by Gasteiger charge is 2.63. The lowest BCUT2D eigenvalue weighted by Gasteiger charge is -2.49. The molecule has 1 heterocycles. The number of hydrogen-bond donors (Lipinski definition) is 1. The van der Waals surface area contributed by atoms with Crippen LogP contribution in [0.5, 0.6) is 0 Å². The second-order valence-corrected chi connectivity index (χ2v) is 3.46. The number of carboxylic acid groups (broad SMARTS) is 1. The molecule has 0 amide bonds. The fraction of sp³-hybridized carbons (Fsp3) is 0.875. The zero-order valence-corrected chi connectivity index (χ0v) is 8.17. The SMILES string of the molecule is CCOC1(C(F)(F)F)CN(CC(=O)O)C1. The van der Waals surface area contributed by atoms with Gasteiger partial charge in [-0.1, -0.05) is 0 Å². The number of nitrogens with zero attached hydrogens (tertiary/aromatic N) is 1. The summed E-state index contributed by atoms with van der Waals surface area (Å²) in [6, 6.07) is 0. The molecular formula is C8H12F3NO3. The Kier molecular flexibility index (Phi) is 3.25. The second-order valence-electron chi connectivity index (χ2n) is 3.46. The lowest BCUT2D eigenvalue weighted by atomic mass is 9.93. The van der Waals surface area contributed by atoms with Crippen molar-refractivity contribution >= 4 is 5.97 Å². The average molecular weight is 227 g/mol. The van der Waals surface area contributed by atoms with Crippen LogP contribution < -0.4 is 0 Å². The number of halogens is 3. The maximum atomic E-state index is 12.6. The van der Waals surface area contributed by atoms with Gasteiger partial charge in [0.05, 0.1) is 6.54 Å². The van der Waals surface area contributed by atoms with E-state index in [0.717, 1.165) is 0 Å². The van der Waals surface area contributed by atoms with Gasteiger partial charge < -0.3 is 9.84 Å². The molecule has 1 rings (SSSR count). The Bertz CT molecular complexity index is 248. The molecular weight excluding hydrogens is 215 g/mol. The summed E-state index contributed by atoms with van der Waals surface area (Å²) >= 11 is 0. The average Bonchev–Trinajstić information content (AvgIpc) is 1.97. The molecule has 0 radical (unpaired) electrons. The lowest BCUT2D eigenvalue weighted by Crippen LogP contribution is -2.70. The van der Waals surface area contributed by atoms with Gasteiger partial charge in [0.15, 0.2) is 5.60 Å². The van der Waals surface area contributed by atoms with E-state index < -0.39 is 30.8 Å². The van der Waals surface area contributed by atoms with Crippen LogP contribution in [0.25, 0.3) is 0 Å². The van der Waals surface area contributed by atoms with E-state index in [1.54, 1.807) is 0 Å². The molecule has 0 aromatic carbocycles. The van der Waals surface area contributed by atoms with Gasteiger partial charge in [0, 0.05) is 19.7 Å². The van der Waals surface area contributed by atoms with E-state index in [1.165, 1.54) is 11.8 Å². The summed E-state index contributed by atoms with van der Waals surface area (Å²) in [7, 11) is 0. The summed E-state index contributed by atoms with van der Waals surface area (Å²) in [6.45, 7) is 0.242. The molecule has 1 fully saturated rings. The van der Waals surface area contributed by atoms with Crippen molar-refractivity contribution in [3.8, 4) is 0 Å². The van der Waals surface area contributed by atoms with Crippen LogP contribution in [-0.4, -0.2) is 54.0 Å². The quantitative estimate of drug-likeness (QED) is 0.769. The molecule has 0 atom stereocenters. The Morgan fingerprint density at radius 2 is 2.07 bits per heavy atom. The fourth-order valence-corrected chi connectivity index (χ4v) is 1.61. The van der Waals surface area contributed by atoms with Gasteiger partial charge in [-0.15, -0.1) is 0 Å². The zero-order valence-electron chi connectivity index (χ0n) is 8.17. The van der Waals surface area contributed by atoms with E-state index in [0.29, 0.717) is 0 Å². The summed E-state index contributed by atoms with van der Waals surface area (Å²) in [5.41, 5.74) is -2.17. The molecule has 4 nitrogen and oxygen atoms in total. The van der Waals surface area contributed by atoms with E-state index >= 15 is 0 Å². The second kappa shape index (κ2) is 3.97. The number of hydrogen-bond acceptors (Lipinski definition) is 3. The molecule has 1 aliphatic rings. The van der Waals surface area contributed by atoms with E-state index in [-0.39, 0.29) is 13.2 Å². The van der Waals surface area contributed by atoms with E-state index in [1.807, 2.05) is 0 Å². The van der Waals surface area contributed by atoms with Crippen LogP contribution in [0.4, 0.5) is 13.2 Å². The van der Waals surface area contributed by atoms with Crippen molar-refractivity contribution in [2.75, 3.05) is 26.2 Å². The number of aliphatic carboxylic acids is 1. The van der Waals surface area contributed by atoms with Gasteiger partial charge in [0.2, 0.25) is 0 Å². The summed E-state index contributed by atoms with van der Waals surface area (Å²) in [4.78, 5) is 11.4. The highest BCUT2D eigenvalue weighted by molar-refractivity contribution is 5.69. The lowest BCUT2D eigenvalue weighted by molar-refractivity contribution is -0.317. The van der Waals surface area contributed by atoms with Crippen molar-refractivity contribution < 1.29 is 27.8 Å². The largest absolute Gasteiger partial charge is 0.480 e. The van der Waals surface area contributed by atoms with Crippen LogP contribution in [-0.2, 0) is 9.53 Å². The summed E-state index contributed by atoms with van der Waals surface area (Å²) in [6.07, 6.45) is -4.45. The fourth-order valence-electron chi connectivity index (χ4n) is 1.61. The van der Waals surface area contributed by atoms with Crippen molar-refractivity contribution in [1.82, 2.24) is 4.90 Å². The first kappa shape index (κ1) is 12.3. The van der Waals surface area contributed by atoms with Gasteiger partial charge in [0.25, 0.3) is 0 Å². The number of carboxylic acids is 1. The minimum Gasteiger partial charge on any atom is -0.480 e. The van der Waals surface area contributed by atoms with Gasteiger partial charge in [0.1, 0.15) is 0 Å². The Hall–Kier alpha value is -0.820. The third kappa shape index (κ3) is 2.40. The van der Waals surface area contributed by atoms with Crippen molar-refractivity contribution in [3.05, 3.63) is 0 Å². The van der Waals surface area contributed by atoms with Crippen molar-refractivity contribution in [3.63, 3.8) is 0 Å². The van der Waals surface area contributed by atoms with Crippen LogP contribution >= 0.6 is 0 Å². The predicted octanol–water partition coefficient (Wildman–Crippen LogP) is 0.724. The van der Waals surface area contributed by atoms with Gasteiger partial charge >= 0.3 is 12.1 Å². The monoisotopic (exact) mass is 227 g/mol. The molecule has 1 saturated heterocycles. The summed E-state index contributed by atoms with van der Waals surface area (Å²) < 4.78 is 42.3. The van der Waals surface area contributed by atoms with Crippen molar-refractivity contribution in [2.45, 2.75) is 18.7 Å². The first-order chi connectivity index (χ1) is 6.81. The maximum absolute atomic E-state index is 12.6. The Morgan fingerprint density at radius 3 is 2.40 bits per heavy atom. The normalized spacial score (nSPS) is 21.1. The van der Waals surface area contributed by atoms with Gasteiger partial charge in [-0.05, 0) is 6.92 Å². The topological polar surface area (TPSA) is 49.8 Å². The molecule has 0 spiro atoms. The molecule has 88 valence electrons. The molecule has 0 bridgehead atoms. The van der Waals surface area contributed by atoms with Crippen LogP contribution in [0.15, 0.2) is 0 Å². The molecule has 0 saturated carbocycles. The number of alkyl halides is 3. The third-order valence-corrected chi connectivity index (χ3v) is 2.25. The summed E-state index contributed by atoms with van der Waals surface area (Å²) in [5, 5.41) is 8.39. The third-order valence-electron chi connectivity index (χ3n) is 2.25. The van der Waals surface area contributed by atoms with E-state index in [2.05, 4.69) is 4.74 Å². The summed E-state index contributed by atoms with van der Waals surface area (Å²) in [5.74, 6) is -1.14. The first-order valence-electron chi connectivity index (χ1n) is 4.45. The first-order valence-corrected chi connectivity index (χ1v) is 4.45. The van der Waals surface area contributed by atoms with Gasteiger partial charge in [-0.25, -0.2) is 0 Å². The highest BCUT2D eigenvalue weighted by Crippen LogP contribution is 2.40. The zero-order chi connectivity index (χ0) is 11.7. The molecule has 0 unspecified atom stereocenters. The van der Waals surface area contributed by atoms with Crippen LogP contribution in [0, 0.1) is 0 Å². The Labute approximate surface area is 84.6 Å². The molecule has 0 aromatic rings. The van der Waals surface area contributed by atoms with Gasteiger partial charge in [-0.3, -0.25) is 9.69 Å². The standard InChI is InChI=1S/C8H12F3NO3/c1-2-15-7(8(9,10)11)4-12(5-7)3-6(13)14/h2-5H2,1H3,(H,13,14). The number of rotatable bonds is 4. The molecule has 0 aromatic heterocycles. The van der Waals surface area contributed by atoms with Crippen LogP contribution in [0.3, 0.4) is 0 Å². The van der Waals surface area contributed by atoms with Crippen LogP contribution in [0.1, 0.15) is 6.92 Å². The number of carbonyl (C=O) groups is 1. The molecule has 7 heteroatoms.